The van der Waals surface area contributed by atoms with Gasteiger partial charge in [0, 0.05) is 41.6 Å². The van der Waals surface area contributed by atoms with E-state index in [4.69, 9.17) is 0 Å². The van der Waals surface area contributed by atoms with E-state index in [1.807, 2.05) is 0 Å². The minimum Gasteiger partial charge on any atom is -0.164 e. The zero-order chi connectivity index (χ0) is 12.1. The fourth-order valence-electron chi connectivity index (χ4n) is 2.02. The molecule has 2 aromatic rings. The van der Waals surface area contributed by atoms with Gasteiger partial charge < -0.3 is 0 Å². The van der Waals surface area contributed by atoms with Gasteiger partial charge in [-0.3, -0.25) is 0 Å². The molecule has 2 heteroatoms. The molecule has 18 heavy (non-hydrogen) atoms. The maximum Gasteiger partial charge on any atom is 0.0213 e. The minimum absolute atomic E-state index is 0. The van der Waals surface area contributed by atoms with Crippen molar-refractivity contribution in [2.75, 3.05) is 0 Å². The van der Waals surface area contributed by atoms with Crippen LogP contribution in [0.2, 0.25) is 13.1 Å². The van der Waals surface area contributed by atoms with Gasteiger partial charge in [0.2, 0.25) is 0 Å². The van der Waals surface area contributed by atoms with E-state index < -0.39 is 0 Å². The summed E-state index contributed by atoms with van der Waals surface area (Å²) in [5.41, 5.74) is 1.40. The van der Waals surface area contributed by atoms with Crippen LogP contribution in [0.1, 0.15) is 11.5 Å². The molecule has 0 saturated heterocycles. The molecular formula is C16H18SiZr-. The van der Waals surface area contributed by atoms with Crippen LogP contribution in [0.5, 0.6) is 0 Å². The Morgan fingerprint density at radius 1 is 1.06 bits per heavy atom. The van der Waals surface area contributed by atoms with E-state index in [-0.39, 0.29) is 26.2 Å². The summed E-state index contributed by atoms with van der Waals surface area (Å²) in [6, 6.07) is 13.1. The van der Waals surface area contributed by atoms with Gasteiger partial charge >= 0.3 is 0 Å². The molecule has 0 amide bonds. The van der Waals surface area contributed by atoms with Gasteiger partial charge in [0.15, 0.2) is 0 Å². The first-order valence-corrected chi connectivity index (χ1v) is 8.40. The maximum atomic E-state index is 2.28. The van der Waals surface area contributed by atoms with Gasteiger partial charge in [-0.25, -0.2) is 0 Å². The van der Waals surface area contributed by atoms with E-state index in [1.54, 1.807) is 0 Å². The third-order valence-electron chi connectivity index (χ3n) is 2.77. The summed E-state index contributed by atoms with van der Waals surface area (Å²) in [5, 5.41) is 2.69. The van der Waals surface area contributed by atoms with Crippen molar-refractivity contribution in [1.29, 1.82) is 0 Å². The number of allylic oxidation sites excluding steroid dienone is 4. The Bertz CT molecular complexity index is 492. The molecule has 0 fully saturated rings. The molecule has 0 unspecified atom stereocenters. The second-order valence-electron chi connectivity index (χ2n) is 4.29. The van der Waals surface area contributed by atoms with Crippen LogP contribution in [-0.4, -0.2) is 9.52 Å². The molecule has 3 rings (SSSR count). The van der Waals surface area contributed by atoms with E-state index in [1.165, 1.54) is 16.3 Å². The third kappa shape index (κ3) is 3.70. The SMILES string of the molecule is C1=CC(c2cc3ccccc3[cH-]2)C=C1.C[SiH]C.[Zr]. The standard InChI is InChI=1S/C14H11.C2H7Si.Zr/c1-2-6-11(5-1)14-9-12-7-3-4-8-13(12)10-14;1-3-2;/h1-11H;3H,1-2H3;/q-1;;. The summed E-state index contributed by atoms with van der Waals surface area (Å²) >= 11 is 0. The summed E-state index contributed by atoms with van der Waals surface area (Å²) in [6.45, 7) is 4.42. The quantitative estimate of drug-likeness (QED) is 0.541. The normalized spacial score (nSPS) is 13.2. The first-order chi connectivity index (χ1) is 8.35. The second-order valence-corrected chi connectivity index (χ2v) is 5.45. The maximum absolute atomic E-state index is 2.28. The van der Waals surface area contributed by atoms with Crippen molar-refractivity contribution in [3.8, 4) is 0 Å². The first kappa shape index (κ1) is 15.5. The molecule has 0 saturated carbocycles. The smallest absolute Gasteiger partial charge is 0.0213 e. The molecule has 0 aromatic heterocycles. The molecule has 0 nitrogen and oxygen atoms in total. The van der Waals surface area contributed by atoms with E-state index in [9.17, 15) is 0 Å². The summed E-state index contributed by atoms with van der Waals surface area (Å²) < 4.78 is 0. The zero-order valence-corrected chi connectivity index (χ0v) is 14.5. The van der Waals surface area contributed by atoms with Gasteiger partial charge in [0.25, 0.3) is 0 Å². The van der Waals surface area contributed by atoms with E-state index in [2.05, 4.69) is 73.8 Å². The number of hydrogen-bond donors (Lipinski definition) is 0. The van der Waals surface area contributed by atoms with Gasteiger partial charge in [-0.2, -0.15) is 6.07 Å². The Hall–Kier alpha value is -0.590. The van der Waals surface area contributed by atoms with Crippen LogP contribution in [0.15, 0.2) is 60.7 Å². The first-order valence-electron chi connectivity index (χ1n) is 6.09. The van der Waals surface area contributed by atoms with Gasteiger partial charge in [0.1, 0.15) is 0 Å². The molecule has 0 aliphatic heterocycles. The molecule has 91 valence electrons. The Balaban J connectivity index is 0.000000372. The average molecular weight is 330 g/mol. The molecular weight excluding hydrogens is 311 g/mol. The van der Waals surface area contributed by atoms with Crippen LogP contribution in [0.4, 0.5) is 0 Å². The van der Waals surface area contributed by atoms with Crippen molar-refractivity contribution in [1.82, 2.24) is 0 Å². The molecule has 0 bridgehead atoms. The Morgan fingerprint density at radius 3 is 2.28 bits per heavy atom. The van der Waals surface area contributed by atoms with Gasteiger partial charge in [-0.05, 0) is 0 Å². The fraction of sp³-hybridized carbons (Fsp3) is 0.188. The topological polar surface area (TPSA) is 0 Å². The third-order valence-corrected chi connectivity index (χ3v) is 2.77. The van der Waals surface area contributed by atoms with Crippen LogP contribution in [0.3, 0.4) is 0 Å². The summed E-state index contributed by atoms with van der Waals surface area (Å²) in [7, 11) is 0.750. The zero-order valence-electron chi connectivity index (χ0n) is 10.9. The number of benzene rings is 1. The predicted octanol–water partition coefficient (Wildman–Crippen LogP) is 4.28. The van der Waals surface area contributed by atoms with Crippen molar-refractivity contribution in [3.05, 3.63) is 66.3 Å². The second kappa shape index (κ2) is 7.76. The molecule has 1 radical (unpaired) electrons. The monoisotopic (exact) mass is 328 g/mol. The van der Waals surface area contributed by atoms with Crippen molar-refractivity contribution >= 4 is 20.3 Å². The number of rotatable bonds is 1. The minimum atomic E-state index is 0. The van der Waals surface area contributed by atoms with Crippen molar-refractivity contribution in [2.45, 2.75) is 19.0 Å². The van der Waals surface area contributed by atoms with Crippen molar-refractivity contribution in [3.63, 3.8) is 0 Å². The largest absolute Gasteiger partial charge is 0.164 e. The molecule has 0 atom stereocenters. The van der Waals surface area contributed by atoms with E-state index >= 15 is 0 Å². The van der Waals surface area contributed by atoms with E-state index in [0.717, 1.165) is 9.52 Å². The molecule has 2 aromatic carbocycles. The predicted molar refractivity (Wildman–Crippen MR) is 79.4 cm³/mol. The van der Waals surface area contributed by atoms with Crippen LogP contribution >= 0.6 is 0 Å². The van der Waals surface area contributed by atoms with Gasteiger partial charge in [0.05, 0.1) is 0 Å². The number of hydrogen-bond acceptors (Lipinski definition) is 0. The van der Waals surface area contributed by atoms with Crippen LogP contribution in [0.25, 0.3) is 10.8 Å². The number of fused-ring (bicyclic) bond motifs is 1. The average Bonchev–Trinajstić information content (AvgIpc) is 2.99. The molecule has 0 heterocycles. The fourth-order valence-corrected chi connectivity index (χ4v) is 2.02. The summed E-state index contributed by atoms with van der Waals surface area (Å²) in [5.74, 6) is 0.488. The van der Waals surface area contributed by atoms with Crippen molar-refractivity contribution in [2.24, 2.45) is 0 Å². The summed E-state index contributed by atoms with van der Waals surface area (Å²) in [4.78, 5) is 0. The molecule has 0 spiro atoms. The molecule has 0 N–H and O–H groups in total. The Morgan fingerprint density at radius 2 is 1.67 bits per heavy atom. The molecule has 1 aliphatic carbocycles. The summed E-state index contributed by atoms with van der Waals surface area (Å²) in [6.07, 6.45) is 8.69. The van der Waals surface area contributed by atoms with Crippen LogP contribution < -0.4 is 0 Å². The Labute approximate surface area is 131 Å². The van der Waals surface area contributed by atoms with Crippen LogP contribution in [0, 0.1) is 0 Å². The van der Waals surface area contributed by atoms with Gasteiger partial charge in [-0.1, -0.05) is 43.5 Å². The molecule has 1 aliphatic rings. The van der Waals surface area contributed by atoms with E-state index in [0.29, 0.717) is 5.92 Å². The van der Waals surface area contributed by atoms with Crippen LogP contribution in [-0.2, 0) is 26.2 Å². The Kier molecular flexibility index (Phi) is 6.67. The van der Waals surface area contributed by atoms with Gasteiger partial charge in [-0.15, -0.1) is 40.6 Å². The van der Waals surface area contributed by atoms with Crippen molar-refractivity contribution < 1.29 is 26.2 Å².